The van der Waals surface area contributed by atoms with Gasteiger partial charge in [-0.2, -0.15) is 0 Å². The smallest absolute Gasteiger partial charge is 0.323 e. The molecule has 1 saturated carbocycles. The van der Waals surface area contributed by atoms with Crippen molar-refractivity contribution in [1.29, 1.82) is 0 Å². The van der Waals surface area contributed by atoms with Crippen LogP contribution in [0.4, 0.5) is 10.5 Å². The predicted octanol–water partition coefficient (Wildman–Crippen LogP) is 2.79. The third-order valence-corrected chi connectivity index (χ3v) is 4.11. The molecule has 2 rings (SSSR count). The Balaban J connectivity index is 2.05. The monoisotopic (exact) mass is 290 g/mol. The van der Waals surface area contributed by atoms with Crippen LogP contribution in [0.3, 0.4) is 0 Å². The molecule has 0 aromatic heterocycles. The highest BCUT2D eigenvalue weighted by Gasteiger charge is 2.32. The zero-order chi connectivity index (χ0) is 15.5. The quantitative estimate of drug-likeness (QED) is 0.876. The van der Waals surface area contributed by atoms with Crippen LogP contribution in [-0.4, -0.2) is 30.2 Å². The molecule has 0 radical (unpaired) electrons. The number of benzene rings is 1. The highest BCUT2D eigenvalue weighted by atomic mass is 16.4. The molecule has 1 fully saturated rings. The van der Waals surface area contributed by atoms with E-state index in [2.05, 4.69) is 12.2 Å². The maximum Gasteiger partial charge on any atom is 0.323 e. The first-order valence-electron chi connectivity index (χ1n) is 7.23. The van der Waals surface area contributed by atoms with E-state index < -0.39 is 5.97 Å². The van der Waals surface area contributed by atoms with Crippen LogP contribution in [0.5, 0.6) is 0 Å². The van der Waals surface area contributed by atoms with Gasteiger partial charge in [0.1, 0.15) is 6.54 Å². The van der Waals surface area contributed by atoms with Gasteiger partial charge >= 0.3 is 12.0 Å². The van der Waals surface area contributed by atoms with Gasteiger partial charge in [-0.05, 0) is 37.3 Å². The Morgan fingerprint density at radius 3 is 2.38 bits per heavy atom. The summed E-state index contributed by atoms with van der Waals surface area (Å²) in [5.41, 5.74) is 1.83. The number of hydrogen-bond donors (Lipinski definition) is 2. The molecule has 5 heteroatoms. The predicted molar refractivity (Wildman–Crippen MR) is 81.5 cm³/mol. The molecule has 0 aliphatic heterocycles. The summed E-state index contributed by atoms with van der Waals surface area (Å²) in [6.45, 7) is 4.34. The van der Waals surface area contributed by atoms with Crippen LogP contribution in [0.2, 0.25) is 0 Å². The number of rotatable bonds is 5. The second-order valence-electron chi connectivity index (χ2n) is 6.14. The molecule has 0 unspecified atom stereocenters. The lowest BCUT2D eigenvalue weighted by molar-refractivity contribution is -0.135. The second-order valence-corrected chi connectivity index (χ2v) is 6.14. The lowest BCUT2D eigenvalue weighted by Gasteiger charge is -2.38. The van der Waals surface area contributed by atoms with Gasteiger partial charge in [0.15, 0.2) is 0 Å². The molecule has 5 nitrogen and oxygen atoms in total. The van der Waals surface area contributed by atoms with Crippen molar-refractivity contribution in [1.82, 2.24) is 5.32 Å². The van der Waals surface area contributed by atoms with Crippen LogP contribution >= 0.6 is 0 Å². The average Bonchev–Trinajstić information content (AvgIpc) is 2.41. The maximum atomic E-state index is 12.3. The summed E-state index contributed by atoms with van der Waals surface area (Å²) >= 11 is 0. The number of hydrogen-bond acceptors (Lipinski definition) is 2. The van der Waals surface area contributed by atoms with Crippen LogP contribution in [0.1, 0.15) is 31.7 Å². The standard InChI is InChI=1S/C16H22N2O3/c1-12-4-6-13(7-5-12)18(10-14(19)20)15(21)17-11-16(2)8-3-9-16/h4-7H,3,8-11H2,1-2H3,(H,17,21)(H,19,20). The lowest BCUT2D eigenvalue weighted by Crippen LogP contribution is -2.47. The average molecular weight is 290 g/mol. The van der Waals surface area contributed by atoms with Gasteiger partial charge in [-0.15, -0.1) is 0 Å². The summed E-state index contributed by atoms with van der Waals surface area (Å²) in [7, 11) is 0. The lowest BCUT2D eigenvalue weighted by atomic mass is 9.70. The Bertz CT molecular complexity index is 521. The Morgan fingerprint density at radius 1 is 1.29 bits per heavy atom. The number of carboxylic acids is 1. The minimum Gasteiger partial charge on any atom is -0.480 e. The fourth-order valence-electron chi connectivity index (χ4n) is 2.48. The van der Waals surface area contributed by atoms with E-state index in [1.54, 1.807) is 12.1 Å². The number of nitrogens with zero attached hydrogens (tertiary/aromatic N) is 1. The molecule has 21 heavy (non-hydrogen) atoms. The summed E-state index contributed by atoms with van der Waals surface area (Å²) in [6, 6.07) is 6.91. The Hall–Kier alpha value is -2.04. The second kappa shape index (κ2) is 6.16. The Labute approximate surface area is 125 Å². The largest absolute Gasteiger partial charge is 0.480 e. The number of urea groups is 1. The molecule has 1 aromatic carbocycles. The van der Waals surface area contributed by atoms with E-state index in [9.17, 15) is 9.59 Å². The van der Waals surface area contributed by atoms with E-state index in [4.69, 9.17) is 5.11 Å². The van der Waals surface area contributed by atoms with Crippen LogP contribution in [-0.2, 0) is 4.79 Å². The van der Waals surface area contributed by atoms with E-state index in [0.29, 0.717) is 12.2 Å². The number of amides is 2. The van der Waals surface area contributed by atoms with Gasteiger partial charge in [-0.1, -0.05) is 31.0 Å². The number of nitrogens with one attached hydrogen (secondary N) is 1. The zero-order valence-corrected chi connectivity index (χ0v) is 12.6. The summed E-state index contributed by atoms with van der Waals surface area (Å²) in [5, 5.41) is 11.9. The number of carbonyl (C=O) groups is 2. The number of carboxylic acid groups (broad SMARTS) is 1. The van der Waals surface area contributed by atoms with Gasteiger partial charge in [0.25, 0.3) is 0 Å². The van der Waals surface area contributed by atoms with E-state index >= 15 is 0 Å². The first-order valence-corrected chi connectivity index (χ1v) is 7.23. The van der Waals surface area contributed by atoms with Gasteiger partial charge in [-0.3, -0.25) is 9.69 Å². The first-order chi connectivity index (χ1) is 9.89. The van der Waals surface area contributed by atoms with Crippen molar-refractivity contribution in [3.63, 3.8) is 0 Å². The normalized spacial score (nSPS) is 15.9. The van der Waals surface area contributed by atoms with E-state index in [-0.39, 0.29) is 18.0 Å². The topological polar surface area (TPSA) is 69.6 Å². The highest BCUT2D eigenvalue weighted by molar-refractivity contribution is 5.96. The van der Waals surface area contributed by atoms with Crippen molar-refractivity contribution in [3.05, 3.63) is 29.8 Å². The minimum absolute atomic E-state index is 0.165. The van der Waals surface area contributed by atoms with Crippen molar-refractivity contribution < 1.29 is 14.7 Å². The van der Waals surface area contributed by atoms with Crippen LogP contribution in [0.25, 0.3) is 0 Å². The summed E-state index contributed by atoms with van der Waals surface area (Å²) in [6.07, 6.45) is 3.41. The van der Waals surface area contributed by atoms with Crippen molar-refractivity contribution in [2.45, 2.75) is 33.1 Å². The fourth-order valence-corrected chi connectivity index (χ4v) is 2.48. The van der Waals surface area contributed by atoms with Gasteiger partial charge in [0.05, 0.1) is 0 Å². The van der Waals surface area contributed by atoms with E-state index in [1.165, 1.54) is 11.3 Å². The molecule has 1 aromatic rings. The molecule has 0 atom stereocenters. The number of aliphatic carboxylic acids is 1. The molecule has 1 aliphatic rings. The first kappa shape index (κ1) is 15.4. The summed E-state index contributed by atoms with van der Waals surface area (Å²) in [4.78, 5) is 24.6. The SMILES string of the molecule is Cc1ccc(N(CC(=O)O)C(=O)NCC2(C)CCC2)cc1. The molecule has 1 aliphatic carbocycles. The zero-order valence-electron chi connectivity index (χ0n) is 12.6. The summed E-state index contributed by atoms with van der Waals surface area (Å²) < 4.78 is 0. The molecular formula is C16H22N2O3. The number of aryl methyl sites for hydroxylation is 1. The Kier molecular flexibility index (Phi) is 4.50. The van der Waals surface area contributed by atoms with Gasteiger partial charge in [0, 0.05) is 12.2 Å². The third-order valence-electron chi connectivity index (χ3n) is 4.11. The van der Waals surface area contributed by atoms with E-state index in [0.717, 1.165) is 18.4 Å². The summed E-state index contributed by atoms with van der Waals surface area (Å²) in [5.74, 6) is -1.03. The molecule has 0 heterocycles. The van der Waals surface area contributed by atoms with Crippen LogP contribution in [0.15, 0.2) is 24.3 Å². The molecule has 2 N–H and O–H groups in total. The van der Waals surface area contributed by atoms with Crippen molar-refractivity contribution in [2.75, 3.05) is 18.0 Å². The van der Waals surface area contributed by atoms with E-state index in [1.807, 2.05) is 19.1 Å². The molecular weight excluding hydrogens is 268 g/mol. The maximum absolute atomic E-state index is 12.3. The fraction of sp³-hybridized carbons (Fsp3) is 0.500. The molecule has 114 valence electrons. The number of anilines is 1. The van der Waals surface area contributed by atoms with Gasteiger partial charge in [-0.25, -0.2) is 4.79 Å². The van der Waals surface area contributed by atoms with Gasteiger partial charge in [0.2, 0.25) is 0 Å². The van der Waals surface area contributed by atoms with Crippen molar-refractivity contribution in [2.24, 2.45) is 5.41 Å². The Morgan fingerprint density at radius 2 is 1.90 bits per heavy atom. The minimum atomic E-state index is -1.03. The number of carbonyl (C=O) groups excluding carboxylic acids is 1. The molecule has 0 saturated heterocycles. The molecule has 0 bridgehead atoms. The molecule has 2 amide bonds. The molecule has 0 spiro atoms. The van der Waals surface area contributed by atoms with Crippen LogP contribution < -0.4 is 10.2 Å². The van der Waals surface area contributed by atoms with Crippen LogP contribution in [0, 0.1) is 12.3 Å². The third kappa shape index (κ3) is 3.97. The van der Waals surface area contributed by atoms with Crippen molar-refractivity contribution >= 4 is 17.7 Å². The van der Waals surface area contributed by atoms with Gasteiger partial charge < -0.3 is 10.4 Å². The van der Waals surface area contributed by atoms with Crippen molar-refractivity contribution in [3.8, 4) is 0 Å². The highest BCUT2D eigenvalue weighted by Crippen LogP contribution is 2.39.